The number of hydrogen-bond donors (Lipinski definition) is 0. The average molecular weight is 196 g/mol. The zero-order valence-corrected chi connectivity index (χ0v) is 9.87. The van der Waals surface area contributed by atoms with Crippen LogP contribution in [0.25, 0.3) is 0 Å². The minimum Gasteiger partial charge on any atom is -0.298 e. The van der Waals surface area contributed by atoms with Gasteiger partial charge in [0.1, 0.15) is 0 Å². The summed E-state index contributed by atoms with van der Waals surface area (Å²) in [7, 11) is 0. The molecule has 2 aliphatic rings. The Morgan fingerprint density at radius 2 is 2.07 bits per heavy atom. The first-order valence-corrected chi connectivity index (χ1v) is 6.20. The lowest BCUT2D eigenvalue weighted by Crippen LogP contribution is -2.57. The minimum atomic E-state index is 0.800. The van der Waals surface area contributed by atoms with Crippen molar-refractivity contribution in [2.75, 3.05) is 26.2 Å². The van der Waals surface area contributed by atoms with Gasteiger partial charge in [-0.1, -0.05) is 20.8 Å². The smallest absolute Gasteiger partial charge is 0.0246 e. The van der Waals surface area contributed by atoms with Gasteiger partial charge in [0.2, 0.25) is 0 Å². The van der Waals surface area contributed by atoms with Crippen LogP contribution in [0.4, 0.5) is 0 Å². The average Bonchev–Trinajstić information content (AvgIpc) is 2.62. The van der Waals surface area contributed by atoms with E-state index in [0.29, 0.717) is 0 Å². The Morgan fingerprint density at radius 1 is 1.29 bits per heavy atom. The molecule has 2 saturated heterocycles. The maximum Gasteiger partial charge on any atom is 0.0246 e. The third kappa shape index (κ3) is 1.82. The molecule has 2 nitrogen and oxygen atoms in total. The Kier molecular flexibility index (Phi) is 3.13. The molecule has 0 aromatic rings. The predicted octanol–water partition coefficient (Wildman–Crippen LogP) is 1.81. The summed E-state index contributed by atoms with van der Waals surface area (Å²) in [5, 5.41) is 0. The molecule has 0 radical (unpaired) electrons. The Morgan fingerprint density at radius 3 is 2.71 bits per heavy atom. The van der Waals surface area contributed by atoms with E-state index < -0.39 is 0 Å². The van der Waals surface area contributed by atoms with Crippen molar-refractivity contribution in [3.8, 4) is 0 Å². The molecule has 0 aliphatic carbocycles. The van der Waals surface area contributed by atoms with Gasteiger partial charge in [-0.3, -0.25) is 9.80 Å². The SMILES string of the molecule is CCN1CC2CCCN2CC1C(C)C. The van der Waals surface area contributed by atoms with Crippen molar-refractivity contribution in [1.29, 1.82) is 0 Å². The zero-order valence-electron chi connectivity index (χ0n) is 9.87. The standard InChI is InChI=1S/C12H24N2/c1-4-13-8-11-6-5-7-14(11)9-12(13)10(2)3/h10-12H,4-9H2,1-3H3. The second kappa shape index (κ2) is 4.19. The molecule has 0 aromatic carbocycles. The van der Waals surface area contributed by atoms with Gasteiger partial charge in [0, 0.05) is 25.2 Å². The van der Waals surface area contributed by atoms with Crippen molar-refractivity contribution in [3.05, 3.63) is 0 Å². The van der Waals surface area contributed by atoms with E-state index in [1.807, 2.05) is 0 Å². The molecule has 0 aromatic heterocycles. The third-order valence-corrected chi connectivity index (χ3v) is 4.01. The molecular weight excluding hydrogens is 172 g/mol. The molecule has 2 heterocycles. The predicted molar refractivity (Wildman–Crippen MR) is 60.5 cm³/mol. The van der Waals surface area contributed by atoms with Crippen LogP contribution in [0.15, 0.2) is 0 Å². The summed E-state index contributed by atoms with van der Waals surface area (Å²) in [6.45, 7) is 12.3. The van der Waals surface area contributed by atoms with Crippen LogP contribution in [0.3, 0.4) is 0 Å². The van der Waals surface area contributed by atoms with Crippen LogP contribution in [0.2, 0.25) is 0 Å². The van der Waals surface area contributed by atoms with Crippen LogP contribution in [0.1, 0.15) is 33.6 Å². The number of fused-ring (bicyclic) bond motifs is 1. The maximum absolute atomic E-state index is 2.72. The molecule has 0 N–H and O–H groups in total. The lowest BCUT2D eigenvalue weighted by Gasteiger charge is -2.45. The van der Waals surface area contributed by atoms with E-state index in [-0.39, 0.29) is 0 Å². The summed E-state index contributed by atoms with van der Waals surface area (Å²) in [5.41, 5.74) is 0. The Balaban J connectivity index is 2.03. The van der Waals surface area contributed by atoms with Crippen molar-refractivity contribution in [2.45, 2.75) is 45.7 Å². The summed E-state index contributed by atoms with van der Waals surface area (Å²) in [6, 6.07) is 1.68. The fraction of sp³-hybridized carbons (Fsp3) is 1.00. The highest BCUT2D eigenvalue weighted by Gasteiger charge is 2.36. The lowest BCUT2D eigenvalue weighted by molar-refractivity contribution is 0.0332. The Labute approximate surface area is 88.3 Å². The highest BCUT2D eigenvalue weighted by Crippen LogP contribution is 2.27. The minimum absolute atomic E-state index is 0.800. The molecule has 2 unspecified atom stereocenters. The van der Waals surface area contributed by atoms with Gasteiger partial charge in [-0.05, 0) is 31.8 Å². The molecule has 0 amide bonds. The molecule has 2 heteroatoms. The Hall–Kier alpha value is -0.0800. The summed E-state index contributed by atoms with van der Waals surface area (Å²) in [4.78, 5) is 5.41. The lowest BCUT2D eigenvalue weighted by atomic mass is 9.97. The van der Waals surface area contributed by atoms with E-state index >= 15 is 0 Å². The van der Waals surface area contributed by atoms with Gasteiger partial charge in [0.05, 0.1) is 0 Å². The molecule has 2 aliphatic heterocycles. The summed E-state index contributed by atoms with van der Waals surface area (Å²) in [6.07, 6.45) is 2.86. The summed E-state index contributed by atoms with van der Waals surface area (Å²) < 4.78 is 0. The third-order valence-electron chi connectivity index (χ3n) is 4.01. The van der Waals surface area contributed by atoms with Crippen LogP contribution in [-0.2, 0) is 0 Å². The van der Waals surface area contributed by atoms with Crippen LogP contribution >= 0.6 is 0 Å². The van der Waals surface area contributed by atoms with E-state index in [1.165, 1.54) is 39.0 Å². The molecule has 14 heavy (non-hydrogen) atoms. The van der Waals surface area contributed by atoms with Gasteiger partial charge in [0.25, 0.3) is 0 Å². The number of hydrogen-bond acceptors (Lipinski definition) is 2. The van der Waals surface area contributed by atoms with Crippen LogP contribution < -0.4 is 0 Å². The maximum atomic E-state index is 2.72. The first kappa shape index (κ1) is 10.4. The van der Waals surface area contributed by atoms with Gasteiger partial charge in [-0.25, -0.2) is 0 Å². The number of likely N-dealkylation sites (N-methyl/N-ethyl adjacent to an activating group) is 1. The second-order valence-corrected chi connectivity index (χ2v) is 5.19. The van der Waals surface area contributed by atoms with Crippen molar-refractivity contribution in [3.63, 3.8) is 0 Å². The van der Waals surface area contributed by atoms with E-state index in [2.05, 4.69) is 30.6 Å². The quantitative estimate of drug-likeness (QED) is 0.664. The molecule has 0 saturated carbocycles. The molecular formula is C12H24N2. The van der Waals surface area contributed by atoms with E-state index in [9.17, 15) is 0 Å². The highest BCUT2D eigenvalue weighted by atomic mass is 15.3. The normalized spacial score (nSPS) is 35.1. The van der Waals surface area contributed by atoms with Crippen molar-refractivity contribution in [2.24, 2.45) is 5.92 Å². The molecule has 2 rings (SSSR count). The molecule has 2 fully saturated rings. The fourth-order valence-corrected chi connectivity index (χ4v) is 3.10. The topological polar surface area (TPSA) is 6.48 Å². The fourth-order valence-electron chi connectivity index (χ4n) is 3.10. The van der Waals surface area contributed by atoms with Crippen molar-refractivity contribution >= 4 is 0 Å². The largest absolute Gasteiger partial charge is 0.298 e. The van der Waals surface area contributed by atoms with Gasteiger partial charge < -0.3 is 0 Å². The van der Waals surface area contributed by atoms with Gasteiger partial charge >= 0.3 is 0 Å². The summed E-state index contributed by atoms with van der Waals surface area (Å²) in [5.74, 6) is 0.802. The van der Waals surface area contributed by atoms with Gasteiger partial charge in [-0.15, -0.1) is 0 Å². The molecule has 82 valence electrons. The van der Waals surface area contributed by atoms with E-state index in [1.54, 1.807) is 0 Å². The first-order valence-electron chi connectivity index (χ1n) is 6.20. The Bertz CT molecular complexity index is 191. The van der Waals surface area contributed by atoms with Crippen LogP contribution in [-0.4, -0.2) is 48.1 Å². The van der Waals surface area contributed by atoms with Crippen molar-refractivity contribution < 1.29 is 0 Å². The van der Waals surface area contributed by atoms with Gasteiger partial charge in [-0.2, -0.15) is 0 Å². The summed E-state index contributed by atoms with van der Waals surface area (Å²) >= 11 is 0. The van der Waals surface area contributed by atoms with Crippen LogP contribution in [0.5, 0.6) is 0 Å². The molecule has 2 atom stereocenters. The second-order valence-electron chi connectivity index (χ2n) is 5.19. The highest BCUT2D eigenvalue weighted by molar-refractivity contribution is 4.92. The first-order chi connectivity index (χ1) is 6.72. The molecule has 0 spiro atoms. The monoisotopic (exact) mass is 196 g/mol. The zero-order chi connectivity index (χ0) is 10.1. The van der Waals surface area contributed by atoms with Crippen molar-refractivity contribution in [1.82, 2.24) is 9.80 Å². The van der Waals surface area contributed by atoms with E-state index in [4.69, 9.17) is 0 Å². The van der Waals surface area contributed by atoms with Crippen LogP contribution in [0, 0.1) is 5.92 Å². The number of nitrogens with zero attached hydrogens (tertiary/aromatic N) is 2. The molecule has 0 bridgehead atoms. The van der Waals surface area contributed by atoms with E-state index in [0.717, 1.165) is 18.0 Å². The number of piperazine rings is 1. The van der Waals surface area contributed by atoms with Gasteiger partial charge in [0.15, 0.2) is 0 Å². The number of rotatable bonds is 2.